The van der Waals surface area contributed by atoms with Crippen LogP contribution in [0.1, 0.15) is 11.4 Å². The van der Waals surface area contributed by atoms with Gasteiger partial charge in [-0.25, -0.2) is 0 Å². The summed E-state index contributed by atoms with van der Waals surface area (Å²) in [4.78, 5) is 15.6. The lowest BCUT2D eigenvalue weighted by atomic mass is 10.0. The molecule has 0 aliphatic heterocycles. The van der Waals surface area contributed by atoms with Crippen LogP contribution in [0.4, 0.5) is 0 Å². The van der Waals surface area contributed by atoms with Gasteiger partial charge in [0.2, 0.25) is 5.43 Å². The minimum atomic E-state index is -0.0982. The van der Waals surface area contributed by atoms with Crippen LogP contribution in [-0.4, -0.2) is 4.98 Å². The summed E-state index contributed by atoms with van der Waals surface area (Å²) < 4.78 is 1.17. The third-order valence-corrected chi connectivity index (χ3v) is 4.67. The number of rotatable bonds is 1. The van der Waals surface area contributed by atoms with E-state index in [-0.39, 0.29) is 10.5 Å². The number of aromatic amines is 1. The van der Waals surface area contributed by atoms with Gasteiger partial charge in [0.05, 0.1) is 5.56 Å². The van der Waals surface area contributed by atoms with Crippen LogP contribution in [0.15, 0.2) is 34.4 Å². The standard InChI is InChI=1S/C15H12ClNOS/c1-8-13(15(18)14(16)9(2)17-8)11-7-19-12-6-4-3-5-10(11)12/h3-7H,1-2H3,(H,17,18). The Morgan fingerprint density at radius 2 is 1.89 bits per heavy atom. The molecule has 0 bridgehead atoms. The third-order valence-electron chi connectivity index (χ3n) is 3.26. The zero-order chi connectivity index (χ0) is 13.6. The maximum absolute atomic E-state index is 12.4. The first-order valence-corrected chi connectivity index (χ1v) is 7.21. The number of aromatic nitrogens is 1. The molecule has 4 heteroatoms. The highest BCUT2D eigenvalue weighted by Gasteiger charge is 2.15. The molecule has 96 valence electrons. The van der Waals surface area contributed by atoms with E-state index in [0.717, 1.165) is 16.6 Å². The summed E-state index contributed by atoms with van der Waals surface area (Å²) in [7, 11) is 0. The van der Waals surface area contributed by atoms with Crippen LogP contribution in [0.3, 0.4) is 0 Å². The third kappa shape index (κ3) is 1.90. The molecule has 0 aliphatic carbocycles. The molecule has 0 radical (unpaired) electrons. The van der Waals surface area contributed by atoms with Crippen LogP contribution < -0.4 is 5.43 Å². The number of fused-ring (bicyclic) bond motifs is 1. The normalized spacial score (nSPS) is 11.1. The van der Waals surface area contributed by atoms with E-state index in [1.165, 1.54) is 4.70 Å². The van der Waals surface area contributed by atoms with E-state index in [9.17, 15) is 4.79 Å². The molecule has 2 heterocycles. The summed E-state index contributed by atoms with van der Waals surface area (Å²) in [6.45, 7) is 3.72. The van der Waals surface area contributed by atoms with Crippen LogP contribution in [0.5, 0.6) is 0 Å². The van der Waals surface area contributed by atoms with Gasteiger partial charge in [-0.3, -0.25) is 4.79 Å². The number of hydrogen-bond donors (Lipinski definition) is 1. The van der Waals surface area contributed by atoms with Crippen molar-refractivity contribution < 1.29 is 0 Å². The Balaban J connectivity index is 2.40. The Morgan fingerprint density at radius 1 is 1.16 bits per heavy atom. The Morgan fingerprint density at radius 3 is 2.68 bits per heavy atom. The minimum Gasteiger partial charge on any atom is -0.361 e. The van der Waals surface area contributed by atoms with Gasteiger partial charge >= 0.3 is 0 Å². The summed E-state index contributed by atoms with van der Waals surface area (Å²) >= 11 is 7.72. The van der Waals surface area contributed by atoms with Crippen LogP contribution in [0.25, 0.3) is 21.2 Å². The summed E-state index contributed by atoms with van der Waals surface area (Å²) in [5.41, 5.74) is 3.11. The zero-order valence-corrected chi connectivity index (χ0v) is 12.2. The van der Waals surface area contributed by atoms with Gasteiger partial charge in [-0.15, -0.1) is 11.3 Å². The van der Waals surface area contributed by atoms with Gasteiger partial charge in [0.25, 0.3) is 0 Å². The molecule has 0 unspecified atom stereocenters. The first-order chi connectivity index (χ1) is 9.09. The minimum absolute atomic E-state index is 0.0982. The van der Waals surface area contributed by atoms with Crippen molar-refractivity contribution in [2.75, 3.05) is 0 Å². The first-order valence-electron chi connectivity index (χ1n) is 5.95. The van der Waals surface area contributed by atoms with E-state index in [1.54, 1.807) is 11.3 Å². The van der Waals surface area contributed by atoms with Gasteiger partial charge in [0.1, 0.15) is 5.02 Å². The lowest BCUT2D eigenvalue weighted by Gasteiger charge is -2.07. The summed E-state index contributed by atoms with van der Waals surface area (Å²) in [6, 6.07) is 8.08. The van der Waals surface area contributed by atoms with Gasteiger partial charge in [-0.1, -0.05) is 29.8 Å². The van der Waals surface area contributed by atoms with Crippen molar-refractivity contribution >= 4 is 33.0 Å². The average Bonchev–Trinajstić information content (AvgIpc) is 2.81. The molecular formula is C15H12ClNOS. The van der Waals surface area contributed by atoms with Crippen molar-refractivity contribution in [1.29, 1.82) is 0 Å². The predicted octanol–water partition coefficient (Wildman–Crippen LogP) is 4.53. The molecule has 2 nitrogen and oxygen atoms in total. The molecule has 0 fully saturated rings. The average molecular weight is 290 g/mol. The molecule has 1 aromatic carbocycles. The summed E-state index contributed by atoms with van der Waals surface area (Å²) in [5, 5.41) is 3.39. The van der Waals surface area contributed by atoms with Gasteiger partial charge in [0.15, 0.2) is 0 Å². The molecule has 19 heavy (non-hydrogen) atoms. The quantitative estimate of drug-likeness (QED) is 0.701. The molecule has 0 saturated carbocycles. The van der Waals surface area contributed by atoms with Crippen LogP contribution >= 0.6 is 22.9 Å². The highest BCUT2D eigenvalue weighted by atomic mass is 35.5. The molecule has 0 saturated heterocycles. The van der Waals surface area contributed by atoms with Crippen LogP contribution in [-0.2, 0) is 0 Å². The van der Waals surface area contributed by atoms with E-state index >= 15 is 0 Å². The maximum atomic E-state index is 12.4. The van der Waals surface area contributed by atoms with E-state index in [2.05, 4.69) is 11.1 Å². The van der Waals surface area contributed by atoms with Gasteiger partial charge in [-0.05, 0) is 19.9 Å². The van der Waals surface area contributed by atoms with E-state index in [1.807, 2.05) is 37.4 Å². The second kappa shape index (κ2) is 4.51. The molecule has 0 spiro atoms. The maximum Gasteiger partial charge on any atom is 0.208 e. The Bertz CT molecular complexity index is 832. The highest BCUT2D eigenvalue weighted by molar-refractivity contribution is 7.17. The zero-order valence-electron chi connectivity index (χ0n) is 10.6. The lowest BCUT2D eigenvalue weighted by Crippen LogP contribution is -2.11. The number of thiophene rings is 1. The van der Waals surface area contributed by atoms with Crippen molar-refractivity contribution in [2.45, 2.75) is 13.8 Å². The van der Waals surface area contributed by atoms with E-state index in [4.69, 9.17) is 11.6 Å². The fourth-order valence-corrected chi connectivity index (χ4v) is 3.44. The SMILES string of the molecule is Cc1[nH]c(C)c(-c2csc3ccccc23)c(=O)c1Cl. The lowest BCUT2D eigenvalue weighted by molar-refractivity contribution is 1.11. The number of H-pyrrole nitrogens is 1. The Kier molecular flexibility index (Phi) is 2.96. The molecule has 1 N–H and O–H groups in total. The molecule has 0 aliphatic rings. The molecular weight excluding hydrogens is 278 g/mol. The summed E-state index contributed by atoms with van der Waals surface area (Å²) in [5.74, 6) is 0. The van der Waals surface area contributed by atoms with Gasteiger partial charge < -0.3 is 4.98 Å². The molecule has 2 aromatic heterocycles. The van der Waals surface area contributed by atoms with Crippen molar-refractivity contribution in [3.8, 4) is 11.1 Å². The first kappa shape index (κ1) is 12.5. The Labute approximate surface area is 119 Å². The number of aryl methyl sites for hydroxylation is 2. The fraction of sp³-hybridized carbons (Fsp3) is 0.133. The predicted molar refractivity (Wildman–Crippen MR) is 82.4 cm³/mol. The number of nitrogens with one attached hydrogen (secondary N) is 1. The van der Waals surface area contributed by atoms with Crippen LogP contribution in [0, 0.1) is 13.8 Å². The van der Waals surface area contributed by atoms with Crippen molar-refractivity contribution in [3.05, 3.63) is 56.3 Å². The topological polar surface area (TPSA) is 32.9 Å². The monoisotopic (exact) mass is 289 g/mol. The largest absolute Gasteiger partial charge is 0.361 e. The highest BCUT2D eigenvalue weighted by Crippen LogP contribution is 2.34. The van der Waals surface area contributed by atoms with Crippen LogP contribution in [0.2, 0.25) is 5.02 Å². The second-order valence-electron chi connectivity index (χ2n) is 4.54. The van der Waals surface area contributed by atoms with Crippen molar-refractivity contribution in [1.82, 2.24) is 4.98 Å². The van der Waals surface area contributed by atoms with E-state index < -0.39 is 0 Å². The molecule has 0 atom stereocenters. The fourth-order valence-electron chi connectivity index (χ4n) is 2.34. The number of hydrogen-bond acceptors (Lipinski definition) is 2. The van der Waals surface area contributed by atoms with Gasteiger partial charge in [0, 0.05) is 32.4 Å². The molecule has 0 amide bonds. The number of pyridine rings is 1. The second-order valence-corrected chi connectivity index (χ2v) is 5.83. The smallest absolute Gasteiger partial charge is 0.208 e. The van der Waals surface area contributed by atoms with Crippen molar-refractivity contribution in [3.63, 3.8) is 0 Å². The number of halogens is 1. The van der Waals surface area contributed by atoms with Crippen molar-refractivity contribution in [2.24, 2.45) is 0 Å². The van der Waals surface area contributed by atoms with Gasteiger partial charge in [-0.2, -0.15) is 0 Å². The molecule has 3 rings (SSSR count). The summed E-state index contributed by atoms with van der Waals surface area (Å²) in [6.07, 6.45) is 0. The molecule has 3 aromatic rings. The van der Waals surface area contributed by atoms with E-state index in [0.29, 0.717) is 11.3 Å². The number of benzene rings is 1. The Hall–Kier alpha value is -1.58.